The molecule has 0 fully saturated rings. The van der Waals surface area contributed by atoms with Gasteiger partial charge in [-0.25, -0.2) is 0 Å². The van der Waals surface area contributed by atoms with Crippen molar-refractivity contribution < 1.29 is 0 Å². The lowest BCUT2D eigenvalue weighted by Gasteiger charge is -2.22. The highest BCUT2D eigenvalue weighted by Gasteiger charge is 2.21. The Kier molecular flexibility index (Phi) is 5.00. The molecule has 0 spiro atoms. The van der Waals surface area contributed by atoms with E-state index in [1.165, 1.54) is 22.4 Å². The fourth-order valence-corrected chi connectivity index (χ4v) is 3.04. The van der Waals surface area contributed by atoms with Crippen molar-refractivity contribution >= 4 is 15.9 Å². The third kappa shape index (κ3) is 3.13. The molecule has 0 saturated carbocycles. The first kappa shape index (κ1) is 15.3. The molecule has 0 radical (unpaired) electrons. The Hall–Kier alpha value is -1.13. The van der Waals surface area contributed by atoms with Crippen LogP contribution in [0.15, 0.2) is 28.9 Å². The molecule has 1 atom stereocenters. The van der Waals surface area contributed by atoms with Crippen LogP contribution in [0.2, 0.25) is 0 Å². The molecule has 20 heavy (non-hydrogen) atoms. The fraction of sp³-hybridized carbons (Fsp3) is 0.438. The number of nitrogens with zero attached hydrogens (tertiary/aromatic N) is 2. The van der Waals surface area contributed by atoms with Crippen molar-refractivity contribution in [2.75, 3.05) is 6.54 Å². The number of benzene rings is 1. The summed E-state index contributed by atoms with van der Waals surface area (Å²) in [5.74, 6) is 0. The summed E-state index contributed by atoms with van der Waals surface area (Å²) in [6.45, 7) is 7.47. The zero-order valence-corrected chi connectivity index (χ0v) is 14.2. The fourth-order valence-electron chi connectivity index (χ4n) is 2.46. The number of hydrogen-bond acceptors (Lipinski definition) is 2. The van der Waals surface area contributed by atoms with E-state index in [9.17, 15) is 0 Å². The Morgan fingerprint density at radius 3 is 2.70 bits per heavy atom. The molecule has 108 valence electrons. The maximum atomic E-state index is 4.35. The second-order valence-corrected chi connectivity index (χ2v) is 6.10. The standard InChI is InChI=1S/C16H22BrN3/c1-5-8-18-15(16-14(17)10-19-20(16)4)13-9-11(2)6-7-12(13)3/h6-7,9-10,15,18H,5,8H2,1-4H3. The van der Waals surface area contributed by atoms with Crippen molar-refractivity contribution in [2.24, 2.45) is 7.05 Å². The highest BCUT2D eigenvalue weighted by atomic mass is 79.9. The van der Waals surface area contributed by atoms with E-state index < -0.39 is 0 Å². The Bertz CT molecular complexity index is 570. The van der Waals surface area contributed by atoms with Crippen molar-refractivity contribution in [3.05, 3.63) is 51.3 Å². The van der Waals surface area contributed by atoms with Gasteiger partial charge in [-0.3, -0.25) is 4.68 Å². The molecule has 2 aromatic rings. The molecule has 1 unspecified atom stereocenters. The summed E-state index contributed by atoms with van der Waals surface area (Å²) in [6, 6.07) is 6.78. The summed E-state index contributed by atoms with van der Waals surface area (Å²) in [5, 5.41) is 8.00. The summed E-state index contributed by atoms with van der Waals surface area (Å²) in [7, 11) is 1.99. The monoisotopic (exact) mass is 335 g/mol. The SMILES string of the molecule is CCCNC(c1cc(C)ccc1C)c1c(Br)cnn1C. The third-order valence-corrected chi connectivity index (χ3v) is 4.17. The van der Waals surface area contributed by atoms with Crippen LogP contribution >= 0.6 is 15.9 Å². The molecule has 0 aliphatic carbocycles. The zero-order chi connectivity index (χ0) is 14.7. The van der Waals surface area contributed by atoms with Gasteiger partial charge in [-0.2, -0.15) is 5.10 Å². The average molecular weight is 336 g/mol. The molecule has 3 nitrogen and oxygen atoms in total. The largest absolute Gasteiger partial charge is 0.305 e. The zero-order valence-electron chi connectivity index (χ0n) is 12.6. The average Bonchev–Trinajstić information content (AvgIpc) is 2.74. The first-order chi connectivity index (χ1) is 9.54. The summed E-state index contributed by atoms with van der Waals surface area (Å²) >= 11 is 3.63. The van der Waals surface area contributed by atoms with E-state index in [0.29, 0.717) is 0 Å². The molecule has 0 amide bonds. The van der Waals surface area contributed by atoms with Gasteiger partial charge in [0.25, 0.3) is 0 Å². The molecular weight excluding hydrogens is 314 g/mol. The van der Waals surface area contributed by atoms with Crippen molar-refractivity contribution in [3.8, 4) is 0 Å². The lowest BCUT2D eigenvalue weighted by molar-refractivity contribution is 0.550. The van der Waals surface area contributed by atoms with Crippen LogP contribution in [-0.2, 0) is 7.05 Å². The van der Waals surface area contributed by atoms with E-state index in [-0.39, 0.29) is 6.04 Å². The van der Waals surface area contributed by atoms with Gasteiger partial charge in [0, 0.05) is 7.05 Å². The lowest BCUT2D eigenvalue weighted by atomic mass is 9.96. The van der Waals surface area contributed by atoms with Gasteiger partial charge in [-0.05, 0) is 53.9 Å². The van der Waals surface area contributed by atoms with Gasteiger partial charge in [0.2, 0.25) is 0 Å². The minimum absolute atomic E-state index is 0.164. The van der Waals surface area contributed by atoms with Crippen LogP contribution < -0.4 is 5.32 Å². The van der Waals surface area contributed by atoms with E-state index in [1.807, 2.05) is 17.9 Å². The topological polar surface area (TPSA) is 29.9 Å². The van der Waals surface area contributed by atoms with Gasteiger partial charge in [0.15, 0.2) is 0 Å². The first-order valence-electron chi connectivity index (χ1n) is 7.02. The number of nitrogens with one attached hydrogen (secondary N) is 1. The maximum absolute atomic E-state index is 4.35. The van der Waals surface area contributed by atoms with Crippen molar-refractivity contribution in [3.63, 3.8) is 0 Å². The van der Waals surface area contributed by atoms with E-state index in [1.54, 1.807) is 0 Å². The molecule has 0 aliphatic rings. The van der Waals surface area contributed by atoms with Crippen molar-refractivity contribution in [1.29, 1.82) is 0 Å². The maximum Gasteiger partial charge on any atom is 0.0762 e. The molecule has 1 N–H and O–H groups in total. The van der Waals surface area contributed by atoms with Crippen molar-refractivity contribution in [2.45, 2.75) is 33.2 Å². The molecule has 2 rings (SSSR count). The van der Waals surface area contributed by atoms with Crippen LogP contribution in [0.25, 0.3) is 0 Å². The number of halogens is 1. The Labute approximate surface area is 129 Å². The second kappa shape index (κ2) is 6.55. The predicted molar refractivity (Wildman–Crippen MR) is 87.0 cm³/mol. The van der Waals surface area contributed by atoms with Gasteiger partial charge < -0.3 is 5.32 Å². The predicted octanol–water partition coefficient (Wildman–Crippen LogP) is 3.89. The normalized spacial score (nSPS) is 12.7. The minimum atomic E-state index is 0.164. The highest BCUT2D eigenvalue weighted by molar-refractivity contribution is 9.10. The number of hydrogen-bond donors (Lipinski definition) is 1. The molecule has 1 heterocycles. The van der Waals surface area contributed by atoms with E-state index >= 15 is 0 Å². The van der Waals surface area contributed by atoms with Gasteiger partial charge in [0.1, 0.15) is 0 Å². The van der Waals surface area contributed by atoms with E-state index in [2.05, 4.69) is 65.3 Å². The smallest absolute Gasteiger partial charge is 0.0762 e. The van der Waals surface area contributed by atoms with Gasteiger partial charge in [-0.1, -0.05) is 30.7 Å². The quantitative estimate of drug-likeness (QED) is 0.898. The number of aromatic nitrogens is 2. The van der Waals surface area contributed by atoms with Crippen LogP contribution in [0.3, 0.4) is 0 Å². The molecule has 0 saturated heterocycles. The summed E-state index contributed by atoms with van der Waals surface area (Å²) in [4.78, 5) is 0. The highest BCUT2D eigenvalue weighted by Crippen LogP contribution is 2.30. The second-order valence-electron chi connectivity index (χ2n) is 5.25. The molecule has 0 aliphatic heterocycles. The molecule has 1 aromatic carbocycles. The Morgan fingerprint density at radius 2 is 2.10 bits per heavy atom. The Balaban J connectivity index is 2.50. The molecule has 0 bridgehead atoms. The minimum Gasteiger partial charge on any atom is -0.305 e. The van der Waals surface area contributed by atoms with Gasteiger partial charge in [-0.15, -0.1) is 0 Å². The summed E-state index contributed by atoms with van der Waals surface area (Å²) in [6.07, 6.45) is 2.97. The first-order valence-corrected chi connectivity index (χ1v) is 7.81. The number of aryl methyl sites for hydroxylation is 3. The van der Waals surface area contributed by atoms with Crippen molar-refractivity contribution in [1.82, 2.24) is 15.1 Å². The summed E-state index contributed by atoms with van der Waals surface area (Å²) < 4.78 is 2.99. The Morgan fingerprint density at radius 1 is 1.35 bits per heavy atom. The van der Waals surface area contributed by atoms with Crippen LogP contribution in [0, 0.1) is 13.8 Å². The molecule has 1 aromatic heterocycles. The van der Waals surface area contributed by atoms with Crippen LogP contribution in [0.5, 0.6) is 0 Å². The molecular formula is C16H22BrN3. The van der Waals surface area contributed by atoms with Crippen LogP contribution in [0.1, 0.15) is 41.8 Å². The van der Waals surface area contributed by atoms with Gasteiger partial charge >= 0.3 is 0 Å². The summed E-state index contributed by atoms with van der Waals surface area (Å²) in [5.41, 5.74) is 5.08. The van der Waals surface area contributed by atoms with Crippen LogP contribution in [0.4, 0.5) is 0 Å². The van der Waals surface area contributed by atoms with Crippen LogP contribution in [-0.4, -0.2) is 16.3 Å². The van der Waals surface area contributed by atoms with E-state index in [4.69, 9.17) is 0 Å². The lowest BCUT2D eigenvalue weighted by Crippen LogP contribution is -2.26. The third-order valence-electron chi connectivity index (χ3n) is 3.56. The van der Waals surface area contributed by atoms with Gasteiger partial charge in [0.05, 0.1) is 22.4 Å². The molecule has 4 heteroatoms. The van der Waals surface area contributed by atoms with E-state index in [0.717, 1.165) is 17.4 Å². The number of rotatable bonds is 5.